The minimum atomic E-state index is -1.28. The summed E-state index contributed by atoms with van der Waals surface area (Å²) in [5.41, 5.74) is -0.901. The number of halogens is 2. The summed E-state index contributed by atoms with van der Waals surface area (Å²) in [5, 5.41) is -0.179. The molecule has 2 aliphatic rings. The topological polar surface area (TPSA) is 87.1 Å². The van der Waals surface area contributed by atoms with Gasteiger partial charge in [-0.2, -0.15) is 4.39 Å². The number of hydrogen-bond donors (Lipinski definition) is 0. The molecule has 2 heterocycles. The molecule has 1 saturated carbocycles. The molecule has 1 aromatic heterocycles. The van der Waals surface area contributed by atoms with Gasteiger partial charge in [0.2, 0.25) is 11.2 Å². The molecule has 0 radical (unpaired) electrons. The fourth-order valence-electron chi connectivity index (χ4n) is 4.30. The van der Waals surface area contributed by atoms with E-state index in [-0.39, 0.29) is 42.3 Å². The molecule has 1 atom stereocenters. The molecule has 10 heteroatoms. The molecule has 1 aliphatic heterocycles. The average Bonchev–Trinajstić information content (AvgIpc) is 3.55. The normalized spacial score (nSPS) is 18.0. The molecule has 4 rings (SSSR count). The minimum absolute atomic E-state index is 0.0622. The third-order valence-corrected chi connectivity index (χ3v) is 6.01. The van der Waals surface area contributed by atoms with E-state index in [0.717, 1.165) is 24.5 Å². The number of likely N-dealkylation sites (tertiary alicyclic amines) is 1. The zero-order chi connectivity index (χ0) is 26.4. The monoisotopic (exact) mass is 504 g/mol. The van der Waals surface area contributed by atoms with Crippen molar-refractivity contribution in [1.82, 2.24) is 9.47 Å². The number of pyridine rings is 1. The van der Waals surface area contributed by atoms with Gasteiger partial charge in [-0.1, -0.05) is 12.2 Å². The standard InChI is InChI=1S/C26H30F2N2O6/c1-6-34-24(32)18-12-29(15-7-8-15)21-17(22(18)31)10-19(27)20(28)23(21)35-13-16-9-14(2)11-30(16)25(33)36-26(3,4)5/h10,12,15-16H,2,6-9,11,13H2,1,3-5H3/t16-/m1/s1. The minimum Gasteiger partial charge on any atom is -0.486 e. The van der Waals surface area contributed by atoms with Crippen LogP contribution in [0.2, 0.25) is 0 Å². The molecule has 1 aliphatic carbocycles. The van der Waals surface area contributed by atoms with Crippen LogP contribution in [0.4, 0.5) is 13.6 Å². The summed E-state index contributed by atoms with van der Waals surface area (Å²) in [6, 6.07) is 0.161. The van der Waals surface area contributed by atoms with Crippen molar-refractivity contribution in [2.75, 3.05) is 19.8 Å². The second-order valence-electron chi connectivity index (χ2n) is 10.2. The lowest BCUT2D eigenvalue weighted by Crippen LogP contribution is -2.42. The van der Waals surface area contributed by atoms with Crippen molar-refractivity contribution in [2.45, 2.75) is 64.6 Å². The number of fused-ring (bicyclic) bond motifs is 1. The second-order valence-corrected chi connectivity index (χ2v) is 10.2. The molecule has 0 N–H and O–H groups in total. The number of benzene rings is 1. The highest BCUT2D eigenvalue weighted by atomic mass is 19.2. The first kappa shape index (κ1) is 25.7. The van der Waals surface area contributed by atoms with Crippen LogP contribution in [-0.2, 0) is 9.47 Å². The Labute approximate surface area is 207 Å². The molecular weight excluding hydrogens is 474 g/mol. The fraction of sp³-hybridized carbons (Fsp3) is 0.500. The van der Waals surface area contributed by atoms with Gasteiger partial charge in [-0.25, -0.2) is 14.0 Å². The molecular formula is C26H30F2N2O6. The van der Waals surface area contributed by atoms with Crippen molar-refractivity contribution in [3.8, 4) is 5.75 Å². The number of rotatable bonds is 6. The Morgan fingerprint density at radius 1 is 1.22 bits per heavy atom. The highest BCUT2D eigenvalue weighted by Gasteiger charge is 2.36. The van der Waals surface area contributed by atoms with Crippen molar-refractivity contribution in [2.24, 2.45) is 0 Å². The summed E-state index contributed by atoms with van der Waals surface area (Å²) in [7, 11) is 0. The van der Waals surface area contributed by atoms with Crippen LogP contribution in [-0.4, -0.2) is 52.9 Å². The molecule has 1 saturated heterocycles. The van der Waals surface area contributed by atoms with Gasteiger partial charge in [0.05, 0.1) is 23.6 Å². The van der Waals surface area contributed by atoms with E-state index in [2.05, 4.69) is 6.58 Å². The van der Waals surface area contributed by atoms with Gasteiger partial charge in [-0.15, -0.1) is 0 Å². The fourth-order valence-corrected chi connectivity index (χ4v) is 4.30. The first-order valence-corrected chi connectivity index (χ1v) is 11.9. The van der Waals surface area contributed by atoms with Crippen LogP contribution in [0, 0.1) is 11.6 Å². The van der Waals surface area contributed by atoms with E-state index >= 15 is 4.39 Å². The van der Waals surface area contributed by atoms with Gasteiger partial charge in [-0.05, 0) is 53.0 Å². The van der Waals surface area contributed by atoms with Gasteiger partial charge in [0.25, 0.3) is 0 Å². The first-order valence-electron chi connectivity index (χ1n) is 11.9. The zero-order valence-corrected chi connectivity index (χ0v) is 20.9. The van der Waals surface area contributed by atoms with Gasteiger partial charge >= 0.3 is 12.1 Å². The summed E-state index contributed by atoms with van der Waals surface area (Å²) in [5.74, 6) is -3.80. The van der Waals surface area contributed by atoms with Crippen molar-refractivity contribution in [3.05, 3.63) is 51.8 Å². The Hall–Kier alpha value is -3.43. The molecule has 2 fully saturated rings. The Kier molecular flexibility index (Phi) is 6.81. The van der Waals surface area contributed by atoms with Crippen molar-refractivity contribution >= 4 is 23.0 Å². The van der Waals surface area contributed by atoms with Crippen LogP contribution >= 0.6 is 0 Å². The van der Waals surface area contributed by atoms with E-state index in [1.165, 1.54) is 11.1 Å². The molecule has 0 bridgehead atoms. The lowest BCUT2D eigenvalue weighted by atomic mass is 10.1. The quantitative estimate of drug-likeness (QED) is 0.417. The third-order valence-electron chi connectivity index (χ3n) is 6.01. The number of nitrogens with zero attached hydrogens (tertiary/aromatic N) is 2. The van der Waals surface area contributed by atoms with E-state index in [0.29, 0.717) is 6.42 Å². The molecule has 194 valence electrons. The van der Waals surface area contributed by atoms with Crippen molar-refractivity contribution in [3.63, 3.8) is 0 Å². The van der Waals surface area contributed by atoms with Gasteiger partial charge in [0.15, 0.2) is 11.6 Å². The Balaban J connectivity index is 1.74. The van der Waals surface area contributed by atoms with Crippen LogP contribution in [0.5, 0.6) is 5.75 Å². The SMILES string of the molecule is C=C1C[C@H](COc2c(F)c(F)cc3c(=O)c(C(=O)OCC)cn(C4CC4)c23)N(C(=O)OC(C)(C)C)C1. The number of amides is 1. The van der Waals surface area contributed by atoms with Crippen LogP contribution in [0.15, 0.2) is 29.2 Å². The largest absolute Gasteiger partial charge is 0.486 e. The number of esters is 1. The second kappa shape index (κ2) is 9.55. The highest BCUT2D eigenvalue weighted by Crippen LogP contribution is 2.41. The summed E-state index contributed by atoms with van der Waals surface area (Å²) in [6.45, 7) is 10.9. The number of aromatic nitrogens is 1. The predicted molar refractivity (Wildman–Crippen MR) is 128 cm³/mol. The summed E-state index contributed by atoms with van der Waals surface area (Å²) < 4.78 is 47.6. The summed E-state index contributed by atoms with van der Waals surface area (Å²) in [4.78, 5) is 39.6. The van der Waals surface area contributed by atoms with Gasteiger partial charge in [-0.3, -0.25) is 9.69 Å². The van der Waals surface area contributed by atoms with Crippen molar-refractivity contribution < 1.29 is 32.6 Å². The van der Waals surface area contributed by atoms with E-state index in [1.54, 1.807) is 32.3 Å². The highest BCUT2D eigenvalue weighted by molar-refractivity contribution is 5.95. The van der Waals surface area contributed by atoms with E-state index in [4.69, 9.17) is 14.2 Å². The van der Waals surface area contributed by atoms with Crippen LogP contribution in [0.3, 0.4) is 0 Å². The maximum atomic E-state index is 15.1. The van der Waals surface area contributed by atoms with E-state index in [9.17, 15) is 18.8 Å². The Morgan fingerprint density at radius 3 is 2.53 bits per heavy atom. The summed E-state index contributed by atoms with van der Waals surface area (Å²) >= 11 is 0. The maximum Gasteiger partial charge on any atom is 0.410 e. The third kappa shape index (κ3) is 5.08. The molecule has 8 nitrogen and oxygen atoms in total. The Morgan fingerprint density at radius 2 is 1.92 bits per heavy atom. The lowest BCUT2D eigenvalue weighted by Gasteiger charge is -2.28. The van der Waals surface area contributed by atoms with Gasteiger partial charge in [0.1, 0.15) is 17.8 Å². The maximum absolute atomic E-state index is 15.1. The van der Waals surface area contributed by atoms with Gasteiger partial charge in [0, 0.05) is 18.8 Å². The van der Waals surface area contributed by atoms with Crippen LogP contribution in [0.25, 0.3) is 10.9 Å². The number of hydrogen-bond acceptors (Lipinski definition) is 6. The smallest absolute Gasteiger partial charge is 0.410 e. The van der Waals surface area contributed by atoms with E-state index < -0.39 is 46.5 Å². The first-order chi connectivity index (χ1) is 16.9. The van der Waals surface area contributed by atoms with Gasteiger partial charge < -0.3 is 18.8 Å². The molecule has 1 aromatic carbocycles. The predicted octanol–water partition coefficient (Wildman–Crippen LogP) is 4.74. The van der Waals surface area contributed by atoms with E-state index in [1.807, 2.05) is 0 Å². The molecule has 2 aromatic rings. The van der Waals surface area contributed by atoms with Crippen LogP contribution < -0.4 is 10.2 Å². The summed E-state index contributed by atoms with van der Waals surface area (Å²) in [6.07, 6.45) is 2.65. The molecule has 1 amide bonds. The lowest BCUT2D eigenvalue weighted by molar-refractivity contribution is 0.0189. The molecule has 36 heavy (non-hydrogen) atoms. The van der Waals surface area contributed by atoms with Crippen molar-refractivity contribution in [1.29, 1.82) is 0 Å². The average molecular weight is 505 g/mol. The molecule has 0 spiro atoms. The zero-order valence-electron chi connectivity index (χ0n) is 20.9. The number of ether oxygens (including phenoxy) is 3. The molecule has 0 unspecified atom stereocenters. The number of carbonyl (C=O) groups is 2. The van der Waals surface area contributed by atoms with Crippen LogP contribution in [0.1, 0.15) is 63.4 Å². The number of carbonyl (C=O) groups excluding carboxylic acids is 2. The Bertz CT molecular complexity index is 1290.